The number of carbonyl (C=O) groups excluding carboxylic acids is 1. The molecule has 0 atom stereocenters. The maximum Gasteiger partial charge on any atom is 0.196 e. The lowest BCUT2D eigenvalue weighted by Gasteiger charge is -2.38. The van der Waals surface area contributed by atoms with Gasteiger partial charge >= 0.3 is 0 Å². The molecule has 1 aromatic heterocycles. The normalized spacial score (nSPS) is 13.7. The largest absolute Gasteiger partial charge is 0.493 e. The number of halogens is 1. The first-order valence-electron chi connectivity index (χ1n) is 11.5. The average molecular weight is 472 g/mol. The first kappa shape index (κ1) is 22.7. The van der Waals surface area contributed by atoms with Crippen LogP contribution in [-0.4, -0.2) is 51.2 Å². The minimum atomic E-state index is -0.246. The van der Waals surface area contributed by atoms with E-state index in [4.69, 9.17) is 9.47 Å². The number of carbonyl (C=O) groups is 1. The number of fused-ring (bicyclic) bond motifs is 1. The van der Waals surface area contributed by atoms with E-state index in [0.717, 1.165) is 35.4 Å². The van der Waals surface area contributed by atoms with Gasteiger partial charge in [0.1, 0.15) is 5.82 Å². The molecule has 0 radical (unpaired) electrons. The third kappa shape index (κ3) is 4.37. The number of piperazine rings is 1. The Labute approximate surface area is 203 Å². The molecule has 0 N–H and O–H groups in total. The molecule has 0 spiro atoms. The number of nitrogens with zero attached hydrogens (tertiary/aromatic N) is 3. The van der Waals surface area contributed by atoms with Gasteiger partial charge in [0.2, 0.25) is 0 Å². The Morgan fingerprint density at radius 3 is 2.14 bits per heavy atom. The van der Waals surface area contributed by atoms with Crippen LogP contribution in [0.25, 0.3) is 10.9 Å². The molecule has 1 aliphatic rings. The Hall–Kier alpha value is -4.13. The number of pyridine rings is 1. The van der Waals surface area contributed by atoms with Gasteiger partial charge in [-0.25, -0.2) is 4.39 Å². The van der Waals surface area contributed by atoms with E-state index >= 15 is 0 Å². The van der Waals surface area contributed by atoms with Crippen LogP contribution in [0.1, 0.15) is 15.9 Å². The number of benzene rings is 3. The Morgan fingerprint density at radius 1 is 0.857 bits per heavy atom. The highest BCUT2D eigenvalue weighted by atomic mass is 19.1. The van der Waals surface area contributed by atoms with Gasteiger partial charge in [0.25, 0.3) is 0 Å². The molecule has 178 valence electrons. The van der Waals surface area contributed by atoms with Gasteiger partial charge in [-0.1, -0.05) is 30.3 Å². The summed E-state index contributed by atoms with van der Waals surface area (Å²) in [5, 5.41) is 0.833. The van der Waals surface area contributed by atoms with Crippen molar-refractivity contribution in [2.45, 2.75) is 0 Å². The molecule has 1 saturated heterocycles. The van der Waals surface area contributed by atoms with E-state index in [1.807, 2.05) is 42.5 Å². The molecular weight excluding hydrogens is 445 g/mol. The Bertz CT molecular complexity index is 1350. The summed E-state index contributed by atoms with van der Waals surface area (Å²) in [7, 11) is 3.18. The summed E-state index contributed by atoms with van der Waals surface area (Å²) in [6.07, 6.45) is 1.66. The maximum atomic E-state index is 13.6. The summed E-state index contributed by atoms with van der Waals surface area (Å²) in [6.45, 7) is 2.86. The minimum absolute atomic E-state index is 0.0780. The number of hydrogen-bond acceptors (Lipinski definition) is 6. The van der Waals surface area contributed by atoms with E-state index < -0.39 is 0 Å². The Balaban J connectivity index is 1.57. The number of aromatic nitrogens is 1. The Morgan fingerprint density at radius 2 is 1.49 bits per heavy atom. The molecule has 3 aromatic carbocycles. The van der Waals surface area contributed by atoms with Crippen LogP contribution in [0.15, 0.2) is 72.9 Å². The van der Waals surface area contributed by atoms with Crippen LogP contribution in [0.3, 0.4) is 0 Å². The van der Waals surface area contributed by atoms with Gasteiger partial charge in [-0.05, 0) is 30.3 Å². The predicted octanol–water partition coefficient (Wildman–Crippen LogP) is 4.95. The molecular formula is C28H26FN3O3. The average Bonchev–Trinajstić information content (AvgIpc) is 2.92. The molecule has 7 heteroatoms. The third-order valence-electron chi connectivity index (χ3n) is 6.41. The molecule has 6 nitrogen and oxygen atoms in total. The molecule has 0 bridgehead atoms. The van der Waals surface area contributed by atoms with Gasteiger partial charge in [-0.3, -0.25) is 9.78 Å². The zero-order valence-corrected chi connectivity index (χ0v) is 19.7. The molecule has 0 unspecified atom stereocenters. The van der Waals surface area contributed by atoms with E-state index in [9.17, 15) is 9.18 Å². The molecule has 4 aromatic rings. The summed E-state index contributed by atoms with van der Waals surface area (Å²) < 4.78 is 24.4. The molecule has 35 heavy (non-hydrogen) atoms. The first-order valence-corrected chi connectivity index (χ1v) is 11.5. The van der Waals surface area contributed by atoms with E-state index in [1.165, 1.54) is 12.1 Å². The van der Waals surface area contributed by atoms with E-state index in [-0.39, 0.29) is 11.6 Å². The Kier molecular flexibility index (Phi) is 6.23. The number of ketones is 1. The van der Waals surface area contributed by atoms with Gasteiger partial charge < -0.3 is 19.3 Å². The number of methoxy groups -OCH3 is 2. The molecule has 0 amide bonds. The zero-order valence-electron chi connectivity index (χ0n) is 19.7. The lowest BCUT2D eigenvalue weighted by molar-refractivity contribution is 0.103. The quantitative estimate of drug-likeness (QED) is 0.371. The summed E-state index contributed by atoms with van der Waals surface area (Å²) in [5.41, 5.74) is 3.70. The van der Waals surface area contributed by atoms with Crippen molar-refractivity contribution in [3.8, 4) is 11.5 Å². The number of rotatable bonds is 6. The van der Waals surface area contributed by atoms with Crippen molar-refractivity contribution in [3.63, 3.8) is 0 Å². The van der Waals surface area contributed by atoms with Gasteiger partial charge in [-0.2, -0.15) is 0 Å². The van der Waals surface area contributed by atoms with Crippen LogP contribution in [0.5, 0.6) is 11.5 Å². The molecule has 0 saturated carbocycles. The van der Waals surface area contributed by atoms with Crippen molar-refractivity contribution in [3.05, 3.63) is 89.9 Å². The zero-order chi connectivity index (χ0) is 24.4. The fourth-order valence-electron chi connectivity index (χ4n) is 4.60. The van der Waals surface area contributed by atoms with Crippen molar-refractivity contribution >= 4 is 28.1 Å². The van der Waals surface area contributed by atoms with E-state index in [0.29, 0.717) is 35.7 Å². The van der Waals surface area contributed by atoms with Crippen molar-refractivity contribution in [1.29, 1.82) is 0 Å². The topological polar surface area (TPSA) is 54.9 Å². The second-order valence-electron chi connectivity index (χ2n) is 8.39. The van der Waals surface area contributed by atoms with Crippen LogP contribution in [0.2, 0.25) is 0 Å². The highest BCUT2D eigenvalue weighted by Crippen LogP contribution is 2.38. The van der Waals surface area contributed by atoms with Gasteiger partial charge in [0, 0.05) is 55.1 Å². The second-order valence-corrected chi connectivity index (χ2v) is 8.39. The second kappa shape index (κ2) is 9.62. The van der Waals surface area contributed by atoms with Crippen LogP contribution in [-0.2, 0) is 0 Å². The van der Waals surface area contributed by atoms with Crippen molar-refractivity contribution in [1.82, 2.24) is 4.98 Å². The van der Waals surface area contributed by atoms with Gasteiger partial charge in [0.05, 0.1) is 31.0 Å². The summed E-state index contributed by atoms with van der Waals surface area (Å²) in [4.78, 5) is 22.6. The lowest BCUT2D eigenvalue weighted by Crippen LogP contribution is -2.47. The molecule has 0 aliphatic carbocycles. The maximum absolute atomic E-state index is 13.6. The van der Waals surface area contributed by atoms with Gasteiger partial charge in [-0.15, -0.1) is 0 Å². The number of hydrogen-bond donors (Lipinski definition) is 0. The number of anilines is 2. The van der Waals surface area contributed by atoms with Crippen LogP contribution in [0.4, 0.5) is 15.8 Å². The van der Waals surface area contributed by atoms with Gasteiger partial charge in [0.15, 0.2) is 17.3 Å². The van der Waals surface area contributed by atoms with Crippen molar-refractivity contribution in [2.24, 2.45) is 0 Å². The third-order valence-corrected chi connectivity index (χ3v) is 6.41. The minimum Gasteiger partial charge on any atom is -0.493 e. The van der Waals surface area contributed by atoms with Crippen LogP contribution in [0, 0.1) is 5.82 Å². The summed E-state index contributed by atoms with van der Waals surface area (Å²) in [5.74, 6) is 0.842. The lowest BCUT2D eigenvalue weighted by atomic mass is 9.99. The van der Waals surface area contributed by atoms with Crippen LogP contribution >= 0.6 is 0 Å². The predicted molar refractivity (Wildman–Crippen MR) is 136 cm³/mol. The molecule has 1 fully saturated rings. The van der Waals surface area contributed by atoms with Crippen molar-refractivity contribution < 1.29 is 18.7 Å². The molecule has 1 aliphatic heterocycles. The summed E-state index contributed by atoms with van der Waals surface area (Å²) >= 11 is 0. The van der Waals surface area contributed by atoms with E-state index in [2.05, 4.69) is 14.8 Å². The smallest absolute Gasteiger partial charge is 0.196 e. The first-order chi connectivity index (χ1) is 17.1. The van der Waals surface area contributed by atoms with Crippen molar-refractivity contribution in [2.75, 3.05) is 50.2 Å². The number of ether oxygens (including phenoxy) is 2. The monoisotopic (exact) mass is 471 g/mol. The highest BCUT2D eigenvalue weighted by Gasteiger charge is 2.26. The standard InChI is InChI=1S/C28H26FN3O3/c1-34-25-16-22-24(17-26(25)35-2)30-18-23(28(33)19-6-4-3-5-7-19)27(22)32-14-12-31(13-15-32)21-10-8-20(29)9-11-21/h3-11,16-18H,12-15H2,1-2H3. The fraction of sp³-hybridized carbons (Fsp3) is 0.214. The molecule has 5 rings (SSSR count). The SMILES string of the molecule is COc1cc2ncc(C(=O)c3ccccc3)c(N3CCN(c4ccc(F)cc4)CC3)c2cc1OC. The fourth-order valence-corrected chi connectivity index (χ4v) is 4.60. The highest BCUT2D eigenvalue weighted by molar-refractivity contribution is 6.16. The molecule has 2 heterocycles. The van der Waals surface area contributed by atoms with E-state index in [1.54, 1.807) is 32.5 Å². The van der Waals surface area contributed by atoms with Crippen LogP contribution < -0.4 is 19.3 Å². The summed E-state index contributed by atoms with van der Waals surface area (Å²) in [6, 6.07) is 19.5.